The van der Waals surface area contributed by atoms with Crippen LogP contribution in [0.1, 0.15) is 48.4 Å². The molecule has 1 aromatic heterocycles. The van der Waals surface area contributed by atoms with Crippen molar-refractivity contribution in [2.24, 2.45) is 5.92 Å². The molecule has 0 atom stereocenters. The van der Waals surface area contributed by atoms with Gasteiger partial charge in [0.15, 0.2) is 0 Å². The first-order valence-electron chi connectivity index (χ1n) is 12.1. The number of carbonyl (C=O) groups excluding carboxylic acids is 2. The van der Waals surface area contributed by atoms with Gasteiger partial charge in [-0.25, -0.2) is 4.98 Å². The van der Waals surface area contributed by atoms with E-state index in [-0.39, 0.29) is 34.3 Å². The highest BCUT2D eigenvalue weighted by atomic mass is 19.4. The standard InChI is InChI=1S/C26H30F3N5O2/c1-17(2)14-23(35)34-12-5-11-33(13-10-30-16-19-6-3-4-7-22(19)34)24(36)18-8-9-20-21(15-18)32-25(31-20)26(27,28)29/h3-4,6-9,15,17,30H,5,10-14,16H2,1-2H3,(H,31,32). The van der Waals surface area contributed by atoms with Crippen molar-refractivity contribution in [3.63, 3.8) is 0 Å². The number of imidazole rings is 1. The minimum Gasteiger partial charge on any atom is -0.337 e. The first-order valence-corrected chi connectivity index (χ1v) is 12.1. The summed E-state index contributed by atoms with van der Waals surface area (Å²) in [7, 11) is 0. The Kier molecular flexibility index (Phi) is 7.63. The number of aromatic nitrogens is 2. The highest BCUT2D eigenvalue weighted by Gasteiger charge is 2.34. The largest absolute Gasteiger partial charge is 0.449 e. The van der Waals surface area contributed by atoms with Crippen LogP contribution in [0.3, 0.4) is 0 Å². The molecule has 10 heteroatoms. The smallest absolute Gasteiger partial charge is 0.337 e. The molecule has 0 spiro atoms. The van der Waals surface area contributed by atoms with Gasteiger partial charge >= 0.3 is 6.18 Å². The van der Waals surface area contributed by atoms with E-state index < -0.39 is 12.0 Å². The lowest BCUT2D eigenvalue weighted by Crippen LogP contribution is -2.39. The van der Waals surface area contributed by atoms with Gasteiger partial charge < -0.3 is 20.1 Å². The van der Waals surface area contributed by atoms with Gasteiger partial charge in [0.1, 0.15) is 0 Å². The van der Waals surface area contributed by atoms with Gasteiger partial charge in [0.25, 0.3) is 5.91 Å². The summed E-state index contributed by atoms with van der Waals surface area (Å²) in [5.74, 6) is -1.11. The molecule has 0 radical (unpaired) electrons. The zero-order valence-corrected chi connectivity index (χ0v) is 20.4. The number of aromatic amines is 1. The first kappa shape index (κ1) is 25.7. The third kappa shape index (κ3) is 5.87. The average Bonchev–Trinajstić information content (AvgIpc) is 3.25. The summed E-state index contributed by atoms with van der Waals surface area (Å²) in [4.78, 5) is 35.7. The first-order chi connectivity index (χ1) is 17.1. The van der Waals surface area contributed by atoms with Crippen LogP contribution < -0.4 is 10.2 Å². The van der Waals surface area contributed by atoms with Gasteiger partial charge in [0.2, 0.25) is 11.7 Å². The van der Waals surface area contributed by atoms with E-state index in [1.54, 1.807) is 9.80 Å². The number of H-pyrrole nitrogens is 1. The van der Waals surface area contributed by atoms with E-state index in [4.69, 9.17) is 0 Å². The lowest BCUT2D eigenvalue weighted by Gasteiger charge is -2.27. The van der Waals surface area contributed by atoms with Crippen LogP contribution in [0.15, 0.2) is 42.5 Å². The Morgan fingerprint density at radius 3 is 2.61 bits per heavy atom. The zero-order chi connectivity index (χ0) is 25.9. The number of para-hydroxylation sites is 1. The molecular formula is C26H30F3N5O2. The fourth-order valence-electron chi connectivity index (χ4n) is 4.39. The normalized spacial score (nSPS) is 15.6. The minimum atomic E-state index is -4.59. The average molecular weight is 502 g/mol. The van der Waals surface area contributed by atoms with Crippen LogP contribution in [0.5, 0.6) is 0 Å². The van der Waals surface area contributed by atoms with E-state index in [9.17, 15) is 22.8 Å². The number of benzene rings is 2. The van der Waals surface area contributed by atoms with Crippen molar-refractivity contribution in [2.75, 3.05) is 31.1 Å². The van der Waals surface area contributed by atoms with Gasteiger partial charge in [-0.3, -0.25) is 9.59 Å². The van der Waals surface area contributed by atoms with Crippen molar-refractivity contribution in [3.05, 3.63) is 59.4 Å². The SMILES string of the molecule is CC(C)CC(=O)N1CCCN(C(=O)c2ccc3nc(C(F)(F)F)[nH]c3c2)CCNCc2ccccc21. The lowest BCUT2D eigenvalue weighted by atomic mass is 10.1. The van der Waals surface area contributed by atoms with E-state index in [0.717, 1.165) is 11.3 Å². The molecule has 2 amide bonds. The number of anilines is 1. The highest BCUT2D eigenvalue weighted by Crippen LogP contribution is 2.29. The maximum absolute atomic E-state index is 13.3. The van der Waals surface area contributed by atoms with E-state index in [1.165, 1.54) is 18.2 Å². The number of nitrogens with zero attached hydrogens (tertiary/aromatic N) is 3. The predicted octanol–water partition coefficient (Wildman–Crippen LogP) is 4.60. The lowest BCUT2D eigenvalue weighted by molar-refractivity contribution is -0.144. The topological polar surface area (TPSA) is 81.3 Å². The molecule has 192 valence electrons. The zero-order valence-electron chi connectivity index (χ0n) is 20.4. The maximum Gasteiger partial charge on any atom is 0.449 e. The van der Waals surface area contributed by atoms with Crippen LogP contribution in [0.25, 0.3) is 11.0 Å². The van der Waals surface area contributed by atoms with Crippen molar-refractivity contribution < 1.29 is 22.8 Å². The van der Waals surface area contributed by atoms with E-state index in [2.05, 4.69) is 15.3 Å². The van der Waals surface area contributed by atoms with Gasteiger partial charge in [0.05, 0.1) is 11.0 Å². The van der Waals surface area contributed by atoms with Gasteiger partial charge in [0, 0.05) is 50.4 Å². The van der Waals surface area contributed by atoms with Gasteiger partial charge in [-0.2, -0.15) is 13.2 Å². The maximum atomic E-state index is 13.3. The summed E-state index contributed by atoms with van der Waals surface area (Å²) < 4.78 is 39.1. The Labute approximate surface area is 207 Å². The van der Waals surface area contributed by atoms with Crippen LogP contribution in [0.4, 0.5) is 18.9 Å². The van der Waals surface area contributed by atoms with Crippen molar-refractivity contribution in [3.8, 4) is 0 Å². The Bertz CT molecular complexity index is 1240. The number of alkyl halides is 3. The molecule has 2 N–H and O–H groups in total. The summed E-state index contributed by atoms with van der Waals surface area (Å²) in [5.41, 5.74) is 2.48. The molecule has 0 unspecified atom stereocenters. The molecular weight excluding hydrogens is 471 g/mol. The number of hydrogen-bond acceptors (Lipinski definition) is 4. The molecule has 0 saturated heterocycles. The van der Waals surface area contributed by atoms with E-state index in [0.29, 0.717) is 45.6 Å². The molecule has 0 bridgehead atoms. The molecule has 1 aliphatic rings. The van der Waals surface area contributed by atoms with E-state index >= 15 is 0 Å². The number of halogens is 3. The highest BCUT2D eigenvalue weighted by molar-refractivity contribution is 5.97. The van der Waals surface area contributed by atoms with Crippen molar-refractivity contribution in [2.45, 2.75) is 39.4 Å². The van der Waals surface area contributed by atoms with Gasteiger partial charge in [-0.05, 0) is 42.2 Å². The molecule has 2 aromatic carbocycles. The van der Waals surface area contributed by atoms with Crippen LogP contribution in [0, 0.1) is 5.92 Å². The molecule has 7 nitrogen and oxygen atoms in total. The van der Waals surface area contributed by atoms with Crippen LogP contribution in [0.2, 0.25) is 0 Å². The summed E-state index contributed by atoms with van der Waals surface area (Å²) in [5, 5.41) is 3.35. The number of carbonyl (C=O) groups is 2. The number of fused-ring (bicyclic) bond motifs is 2. The molecule has 4 rings (SSSR count). The molecule has 0 aliphatic carbocycles. The summed E-state index contributed by atoms with van der Waals surface area (Å²) in [6.07, 6.45) is -3.60. The van der Waals surface area contributed by atoms with Crippen molar-refractivity contribution in [1.29, 1.82) is 0 Å². The van der Waals surface area contributed by atoms with Crippen molar-refractivity contribution >= 4 is 28.5 Å². The van der Waals surface area contributed by atoms with Crippen LogP contribution >= 0.6 is 0 Å². The second-order valence-corrected chi connectivity index (χ2v) is 9.41. The Morgan fingerprint density at radius 2 is 1.86 bits per heavy atom. The van der Waals surface area contributed by atoms with Crippen LogP contribution in [-0.2, 0) is 17.5 Å². The molecule has 0 saturated carbocycles. The fraction of sp³-hybridized carbons (Fsp3) is 0.423. The molecule has 2 heterocycles. The Morgan fingerprint density at radius 1 is 1.08 bits per heavy atom. The molecule has 1 aliphatic heterocycles. The summed E-state index contributed by atoms with van der Waals surface area (Å²) in [6, 6.07) is 12.1. The fourth-order valence-corrected chi connectivity index (χ4v) is 4.39. The molecule has 0 fully saturated rings. The second-order valence-electron chi connectivity index (χ2n) is 9.41. The minimum absolute atomic E-state index is 0.0414. The summed E-state index contributed by atoms with van der Waals surface area (Å²) in [6.45, 7) is 6.38. The number of amides is 2. The van der Waals surface area contributed by atoms with Gasteiger partial charge in [-0.15, -0.1) is 0 Å². The van der Waals surface area contributed by atoms with Crippen LogP contribution in [-0.4, -0.2) is 52.9 Å². The second kappa shape index (κ2) is 10.7. The third-order valence-electron chi connectivity index (χ3n) is 6.13. The number of nitrogens with one attached hydrogen (secondary N) is 2. The van der Waals surface area contributed by atoms with E-state index in [1.807, 2.05) is 38.1 Å². The quantitative estimate of drug-likeness (QED) is 0.550. The molecule has 3 aromatic rings. The predicted molar refractivity (Wildman–Crippen MR) is 132 cm³/mol. The number of hydrogen-bond donors (Lipinski definition) is 2. The monoisotopic (exact) mass is 501 g/mol. The summed E-state index contributed by atoms with van der Waals surface area (Å²) >= 11 is 0. The Balaban J connectivity index is 1.55. The molecule has 36 heavy (non-hydrogen) atoms. The third-order valence-corrected chi connectivity index (χ3v) is 6.13. The Hall–Kier alpha value is -3.40. The number of rotatable bonds is 3. The van der Waals surface area contributed by atoms with Gasteiger partial charge in [-0.1, -0.05) is 32.0 Å². The van der Waals surface area contributed by atoms with Crippen molar-refractivity contribution in [1.82, 2.24) is 20.2 Å².